The number of hydrogen-bond donors (Lipinski definition) is 2. The number of halogens is 2. The van der Waals surface area contributed by atoms with Crippen molar-refractivity contribution in [1.82, 2.24) is 4.57 Å². The molecule has 3 heterocycles. The fourth-order valence-corrected chi connectivity index (χ4v) is 5.73. The van der Waals surface area contributed by atoms with E-state index in [-0.39, 0.29) is 42.0 Å². The summed E-state index contributed by atoms with van der Waals surface area (Å²) in [5.74, 6) is -2.26. The van der Waals surface area contributed by atoms with E-state index in [0.717, 1.165) is 54.0 Å². The van der Waals surface area contributed by atoms with E-state index in [1.165, 1.54) is 22.8 Å². The molecule has 2 aliphatic rings. The maximum atomic E-state index is 14.4. The Labute approximate surface area is 242 Å². The lowest BCUT2D eigenvalue weighted by Gasteiger charge is -2.29. The van der Waals surface area contributed by atoms with Crippen LogP contribution in [0.2, 0.25) is 5.02 Å². The fraction of sp³-hybridized carbons (Fsp3) is 0.387. The van der Waals surface area contributed by atoms with Gasteiger partial charge in [-0.2, -0.15) is 0 Å². The highest BCUT2D eigenvalue weighted by Gasteiger charge is 2.29. The maximum absolute atomic E-state index is 14.4. The van der Waals surface area contributed by atoms with Crippen molar-refractivity contribution in [1.29, 1.82) is 0 Å². The second-order valence-corrected chi connectivity index (χ2v) is 11.0. The van der Waals surface area contributed by atoms with E-state index >= 15 is 0 Å². The number of rotatable bonds is 7. The minimum Gasteiger partial charge on any atom is -0.378 e. The third-order valence-corrected chi connectivity index (χ3v) is 8.04. The molecule has 3 N–H and O–H groups in total. The van der Waals surface area contributed by atoms with Crippen LogP contribution < -0.4 is 16.6 Å². The number of amides is 2. The predicted molar refractivity (Wildman–Crippen MR) is 155 cm³/mol. The Morgan fingerprint density at radius 3 is 2.61 bits per heavy atom. The highest BCUT2D eigenvalue weighted by Crippen LogP contribution is 2.34. The number of hydrogen-bond acceptors (Lipinski definition) is 5. The molecule has 2 amide bonds. The van der Waals surface area contributed by atoms with E-state index in [9.17, 15) is 18.8 Å². The Hall–Kier alpha value is -3.53. The SMILES string of the molecule is CC[C@@H]1Cc2ccc(Cl)cc2-c2cc(=O)n([C@@H](C[C@@H]3CCCCO3)C(=O)Nc3ccc(C(N)=O)c(F)c3)cc2CO1. The molecule has 1 fully saturated rings. The van der Waals surface area contributed by atoms with Crippen LogP contribution in [0.15, 0.2) is 53.5 Å². The van der Waals surface area contributed by atoms with Crippen LogP contribution in [0.25, 0.3) is 11.1 Å². The van der Waals surface area contributed by atoms with Gasteiger partial charge in [-0.15, -0.1) is 0 Å². The molecular weight excluding hydrogens is 549 g/mol. The van der Waals surface area contributed by atoms with Crippen LogP contribution >= 0.6 is 11.6 Å². The summed E-state index contributed by atoms with van der Waals surface area (Å²) in [6, 6.07) is 9.90. The predicted octanol–water partition coefficient (Wildman–Crippen LogP) is 5.40. The van der Waals surface area contributed by atoms with Gasteiger partial charge in [0.2, 0.25) is 5.91 Å². The van der Waals surface area contributed by atoms with E-state index in [1.54, 1.807) is 6.20 Å². The summed E-state index contributed by atoms with van der Waals surface area (Å²) in [5, 5.41) is 3.28. The van der Waals surface area contributed by atoms with Gasteiger partial charge in [-0.05, 0) is 79.1 Å². The quantitative estimate of drug-likeness (QED) is 0.388. The lowest BCUT2D eigenvalue weighted by Crippen LogP contribution is -2.37. The molecule has 2 aliphatic heterocycles. The van der Waals surface area contributed by atoms with Crippen LogP contribution in [0, 0.1) is 5.82 Å². The molecule has 0 spiro atoms. The average Bonchev–Trinajstić information content (AvgIpc) is 2.94. The molecule has 2 aromatic carbocycles. The first-order valence-electron chi connectivity index (χ1n) is 13.9. The summed E-state index contributed by atoms with van der Waals surface area (Å²) >= 11 is 6.36. The molecule has 5 rings (SSSR count). The zero-order chi connectivity index (χ0) is 29.1. The number of benzene rings is 2. The van der Waals surface area contributed by atoms with Gasteiger partial charge in [0.15, 0.2) is 0 Å². The summed E-state index contributed by atoms with van der Waals surface area (Å²) < 4.78 is 28.0. The van der Waals surface area contributed by atoms with Gasteiger partial charge >= 0.3 is 0 Å². The molecule has 10 heteroatoms. The van der Waals surface area contributed by atoms with Crippen LogP contribution in [0.1, 0.15) is 66.6 Å². The Kier molecular flexibility index (Phi) is 8.87. The van der Waals surface area contributed by atoms with Crippen molar-refractivity contribution in [2.24, 2.45) is 5.73 Å². The molecule has 0 saturated carbocycles. The number of aromatic nitrogens is 1. The Bertz CT molecular complexity index is 1520. The highest BCUT2D eigenvalue weighted by atomic mass is 35.5. The van der Waals surface area contributed by atoms with Crippen molar-refractivity contribution in [3.8, 4) is 11.1 Å². The van der Waals surface area contributed by atoms with Gasteiger partial charge in [-0.3, -0.25) is 14.4 Å². The third kappa shape index (κ3) is 6.53. The van der Waals surface area contributed by atoms with Crippen LogP contribution in [-0.4, -0.2) is 35.2 Å². The fourth-order valence-electron chi connectivity index (χ4n) is 5.56. The third-order valence-electron chi connectivity index (χ3n) is 7.80. The van der Waals surface area contributed by atoms with Gasteiger partial charge in [0, 0.05) is 41.6 Å². The summed E-state index contributed by atoms with van der Waals surface area (Å²) in [7, 11) is 0. The minimum atomic E-state index is -0.943. The van der Waals surface area contributed by atoms with Crippen molar-refractivity contribution < 1.29 is 23.5 Å². The zero-order valence-corrected chi connectivity index (χ0v) is 23.6. The second-order valence-electron chi connectivity index (χ2n) is 10.6. The monoisotopic (exact) mass is 581 g/mol. The lowest BCUT2D eigenvalue weighted by molar-refractivity contribution is -0.121. The van der Waals surface area contributed by atoms with E-state index in [0.29, 0.717) is 18.1 Å². The first-order valence-corrected chi connectivity index (χ1v) is 14.3. The van der Waals surface area contributed by atoms with Crippen molar-refractivity contribution in [2.45, 2.75) is 70.3 Å². The molecule has 1 saturated heterocycles. The number of ether oxygens (including phenoxy) is 2. The summed E-state index contributed by atoms with van der Waals surface area (Å²) in [4.78, 5) is 38.8. The average molecular weight is 582 g/mol. The van der Waals surface area contributed by atoms with Crippen LogP contribution in [-0.2, 0) is 27.3 Å². The Morgan fingerprint density at radius 2 is 1.90 bits per heavy atom. The van der Waals surface area contributed by atoms with E-state index in [2.05, 4.69) is 12.2 Å². The summed E-state index contributed by atoms with van der Waals surface area (Å²) in [6.45, 7) is 2.91. The molecule has 8 nitrogen and oxygen atoms in total. The Morgan fingerprint density at radius 1 is 1.10 bits per heavy atom. The second kappa shape index (κ2) is 12.5. The van der Waals surface area contributed by atoms with Crippen molar-refractivity contribution in [3.63, 3.8) is 0 Å². The molecule has 0 aliphatic carbocycles. The highest BCUT2D eigenvalue weighted by molar-refractivity contribution is 6.30. The van der Waals surface area contributed by atoms with Crippen molar-refractivity contribution >= 4 is 29.1 Å². The van der Waals surface area contributed by atoms with Crippen LogP contribution in [0.5, 0.6) is 0 Å². The molecule has 0 bridgehead atoms. The summed E-state index contributed by atoms with van der Waals surface area (Å²) in [6.07, 6.45) is 5.87. The summed E-state index contributed by atoms with van der Waals surface area (Å²) in [5.41, 5.74) is 8.09. The standard InChI is InChI=1S/C31H33ClFN3O5/c1-2-22-11-18-6-7-20(32)12-25(18)26-15-29(37)36(16-19(26)17-41-22)28(14-23-5-3-4-10-40-23)31(39)35-21-8-9-24(30(34)38)27(33)13-21/h6-9,12-13,15-16,22-23,28H,2-5,10-11,14,17H2,1H3,(H2,34,38)(H,35,39)/t22-,23+,28+/m1/s1. The van der Waals surface area contributed by atoms with Gasteiger partial charge in [0.1, 0.15) is 11.9 Å². The molecule has 3 aromatic rings. The van der Waals surface area contributed by atoms with Crippen LogP contribution in [0.4, 0.5) is 10.1 Å². The molecule has 0 unspecified atom stereocenters. The molecule has 216 valence electrons. The maximum Gasteiger partial charge on any atom is 0.251 e. The number of nitrogens with one attached hydrogen (secondary N) is 1. The van der Waals surface area contributed by atoms with Crippen molar-refractivity contribution in [3.05, 3.63) is 86.5 Å². The van der Waals surface area contributed by atoms with Gasteiger partial charge < -0.3 is 25.1 Å². The van der Waals surface area contributed by atoms with Crippen LogP contribution in [0.3, 0.4) is 0 Å². The number of primary amides is 1. The van der Waals surface area contributed by atoms with Gasteiger partial charge in [0.25, 0.3) is 11.5 Å². The normalized spacial score (nSPS) is 19.3. The van der Waals surface area contributed by atoms with Crippen molar-refractivity contribution in [2.75, 3.05) is 11.9 Å². The van der Waals surface area contributed by atoms with Gasteiger partial charge in [0.05, 0.1) is 24.4 Å². The number of carbonyl (C=O) groups excluding carboxylic acids is 2. The smallest absolute Gasteiger partial charge is 0.251 e. The minimum absolute atomic E-state index is 0.0172. The van der Waals surface area contributed by atoms with Gasteiger partial charge in [-0.1, -0.05) is 24.6 Å². The largest absolute Gasteiger partial charge is 0.378 e. The lowest BCUT2D eigenvalue weighted by atomic mass is 9.91. The molecule has 41 heavy (non-hydrogen) atoms. The number of pyridine rings is 1. The number of nitrogens with zero attached hydrogens (tertiary/aromatic N) is 1. The number of carbonyl (C=O) groups is 2. The first-order chi connectivity index (χ1) is 19.7. The van der Waals surface area contributed by atoms with E-state index < -0.39 is 23.7 Å². The molecule has 0 radical (unpaired) electrons. The van der Waals surface area contributed by atoms with E-state index in [4.69, 9.17) is 26.8 Å². The molecular formula is C31H33ClFN3O5. The number of anilines is 1. The topological polar surface area (TPSA) is 113 Å². The zero-order valence-electron chi connectivity index (χ0n) is 22.8. The number of fused-ring (bicyclic) bond motifs is 3. The molecule has 1 aromatic heterocycles. The number of nitrogens with two attached hydrogens (primary N) is 1. The van der Waals surface area contributed by atoms with Gasteiger partial charge in [-0.25, -0.2) is 4.39 Å². The van der Waals surface area contributed by atoms with E-state index in [1.807, 2.05) is 18.2 Å². The molecule has 3 atom stereocenters. The Balaban J connectivity index is 1.54. The first kappa shape index (κ1) is 29.0.